The molecule has 0 unspecified atom stereocenters. The Kier molecular flexibility index (Phi) is 5.75. The summed E-state index contributed by atoms with van der Waals surface area (Å²) in [5.41, 5.74) is 4.90. The van der Waals surface area contributed by atoms with E-state index in [2.05, 4.69) is 15.0 Å². The first kappa shape index (κ1) is 20.0. The van der Waals surface area contributed by atoms with Crippen molar-refractivity contribution in [2.24, 2.45) is 5.41 Å². The summed E-state index contributed by atoms with van der Waals surface area (Å²) in [5, 5.41) is 0. The maximum absolute atomic E-state index is 12.8. The molecule has 2 aromatic heterocycles. The molecule has 3 heterocycles. The number of nitrogens with two attached hydrogens (primary N) is 1. The van der Waals surface area contributed by atoms with Gasteiger partial charge in [-0.25, -0.2) is 9.97 Å². The smallest absolute Gasteiger partial charge is 0.328 e. The fourth-order valence-corrected chi connectivity index (χ4v) is 3.04. The van der Waals surface area contributed by atoms with Crippen molar-refractivity contribution in [3.05, 3.63) is 12.5 Å². The highest BCUT2D eigenvalue weighted by molar-refractivity contribution is 6.00. The number of imidazole rings is 1. The molecule has 1 aliphatic heterocycles. The second-order valence-electron chi connectivity index (χ2n) is 6.21. The molecule has 1 fully saturated rings. The van der Waals surface area contributed by atoms with Crippen LogP contribution in [0.2, 0.25) is 0 Å². The zero-order valence-corrected chi connectivity index (χ0v) is 16.0. The standard InChI is InChI=1S/C17H23N5O6/c1-4-25-13(23)17(14(24)26-5-2,15-27-10(3)28-15)6-7-22-9-20-11-8-19-16(18)21-12(11)22/h8-10,15H,4-7H2,1-3H3,(H2,18,19,21). The van der Waals surface area contributed by atoms with Crippen molar-refractivity contribution < 1.29 is 28.5 Å². The monoisotopic (exact) mass is 393 g/mol. The Bertz CT molecular complexity index is 845. The predicted molar refractivity (Wildman–Crippen MR) is 95.5 cm³/mol. The van der Waals surface area contributed by atoms with Gasteiger partial charge >= 0.3 is 11.9 Å². The van der Waals surface area contributed by atoms with E-state index in [9.17, 15) is 9.59 Å². The third kappa shape index (κ3) is 3.50. The molecular formula is C17H23N5O6. The number of hydrogen-bond acceptors (Lipinski definition) is 10. The summed E-state index contributed by atoms with van der Waals surface area (Å²) in [4.78, 5) is 38.0. The van der Waals surface area contributed by atoms with Crippen LogP contribution >= 0.6 is 0 Å². The highest BCUT2D eigenvalue weighted by atomic mass is 16.9. The quantitative estimate of drug-likeness (QED) is 0.501. The topological polar surface area (TPSA) is 141 Å². The summed E-state index contributed by atoms with van der Waals surface area (Å²) in [6, 6.07) is 0. The van der Waals surface area contributed by atoms with Gasteiger partial charge in [-0.1, -0.05) is 0 Å². The van der Waals surface area contributed by atoms with Crippen LogP contribution in [-0.4, -0.2) is 57.3 Å². The number of nitrogens with zero attached hydrogens (tertiary/aromatic N) is 4. The Morgan fingerprint density at radius 1 is 1.21 bits per heavy atom. The van der Waals surface area contributed by atoms with Gasteiger partial charge in [-0.3, -0.25) is 9.59 Å². The van der Waals surface area contributed by atoms with Crippen molar-refractivity contribution in [3.8, 4) is 0 Å². The lowest BCUT2D eigenvalue weighted by Gasteiger charge is -2.43. The first-order valence-electron chi connectivity index (χ1n) is 9.01. The highest BCUT2D eigenvalue weighted by Crippen LogP contribution is 2.40. The minimum Gasteiger partial charge on any atom is -0.465 e. The molecule has 0 amide bonds. The lowest BCUT2D eigenvalue weighted by Crippen LogP contribution is -2.59. The molecule has 0 aliphatic carbocycles. The van der Waals surface area contributed by atoms with E-state index in [0.29, 0.717) is 11.2 Å². The van der Waals surface area contributed by atoms with Gasteiger partial charge in [0.2, 0.25) is 11.4 Å². The fourth-order valence-electron chi connectivity index (χ4n) is 3.04. The molecule has 1 saturated heterocycles. The van der Waals surface area contributed by atoms with Crippen LogP contribution in [0.3, 0.4) is 0 Å². The second kappa shape index (κ2) is 8.07. The van der Waals surface area contributed by atoms with E-state index in [1.165, 1.54) is 12.5 Å². The van der Waals surface area contributed by atoms with E-state index in [-0.39, 0.29) is 32.1 Å². The van der Waals surface area contributed by atoms with Crippen LogP contribution in [-0.2, 0) is 35.1 Å². The zero-order chi connectivity index (χ0) is 20.3. The zero-order valence-electron chi connectivity index (χ0n) is 16.0. The fraction of sp³-hybridized carbons (Fsp3) is 0.588. The van der Waals surface area contributed by atoms with Crippen molar-refractivity contribution >= 4 is 29.1 Å². The number of rotatable bonds is 8. The summed E-state index contributed by atoms with van der Waals surface area (Å²) in [7, 11) is 0. The Balaban J connectivity index is 1.93. The van der Waals surface area contributed by atoms with E-state index in [0.717, 1.165) is 0 Å². The predicted octanol–water partition coefficient (Wildman–Crippen LogP) is 0.630. The number of esters is 2. The molecular weight excluding hydrogens is 370 g/mol. The van der Waals surface area contributed by atoms with Gasteiger partial charge in [0.05, 0.1) is 25.7 Å². The van der Waals surface area contributed by atoms with Crippen molar-refractivity contribution in [2.45, 2.75) is 46.3 Å². The Labute approximate surface area is 161 Å². The summed E-state index contributed by atoms with van der Waals surface area (Å²) < 4.78 is 23.1. The van der Waals surface area contributed by atoms with Gasteiger partial charge in [0.15, 0.2) is 18.2 Å². The summed E-state index contributed by atoms with van der Waals surface area (Å²) in [6.07, 6.45) is 1.39. The SMILES string of the molecule is CCOC(=O)C(CCn1cnc2cnc(N)nc21)(C(=O)OCC)C1OC(C)O1. The van der Waals surface area contributed by atoms with Crippen LogP contribution in [0.15, 0.2) is 12.5 Å². The average Bonchev–Trinajstić information content (AvgIpc) is 3.03. The summed E-state index contributed by atoms with van der Waals surface area (Å²) in [6.45, 7) is 5.37. The van der Waals surface area contributed by atoms with Gasteiger partial charge in [0.25, 0.3) is 0 Å². The third-order valence-electron chi connectivity index (χ3n) is 4.44. The van der Waals surface area contributed by atoms with Gasteiger partial charge in [0, 0.05) is 6.54 Å². The number of hydrogen-bond donors (Lipinski definition) is 1. The molecule has 0 aromatic carbocycles. The van der Waals surface area contributed by atoms with Crippen LogP contribution in [0, 0.1) is 5.41 Å². The Hall–Kier alpha value is -2.79. The molecule has 0 radical (unpaired) electrons. The number of carbonyl (C=O) groups excluding carboxylic acids is 2. The number of fused-ring (bicyclic) bond motifs is 1. The molecule has 2 N–H and O–H groups in total. The van der Waals surface area contributed by atoms with Crippen LogP contribution in [0.5, 0.6) is 0 Å². The number of aromatic nitrogens is 4. The molecule has 11 nitrogen and oxygen atoms in total. The van der Waals surface area contributed by atoms with Crippen LogP contribution in [0.1, 0.15) is 27.2 Å². The number of nitrogen functional groups attached to an aromatic ring is 1. The highest BCUT2D eigenvalue weighted by Gasteiger charge is 2.60. The van der Waals surface area contributed by atoms with E-state index in [1.54, 1.807) is 25.3 Å². The summed E-state index contributed by atoms with van der Waals surface area (Å²) in [5.74, 6) is -1.43. The molecule has 3 rings (SSSR count). The molecule has 28 heavy (non-hydrogen) atoms. The third-order valence-corrected chi connectivity index (χ3v) is 4.44. The molecule has 0 spiro atoms. The van der Waals surface area contributed by atoms with Crippen molar-refractivity contribution in [2.75, 3.05) is 18.9 Å². The Morgan fingerprint density at radius 2 is 1.86 bits per heavy atom. The van der Waals surface area contributed by atoms with Crippen molar-refractivity contribution in [3.63, 3.8) is 0 Å². The van der Waals surface area contributed by atoms with Gasteiger partial charge in [-0.2, -0.15) is 4.98 Å². The van der Waals surface area contributed by atoms with Gasteiger partial charge in [-0.05, 0) is 27.2 Å². The van der Waals surface area contributed by atoms with Crippen LogP contribution in [0.4, 0.5) is 5.95 Å². The van der Waals surface area contributed by atoms with Crippen LogP contribution < -0.4 is 5.73 Å². The normalized spacial score (nSPS) is 19.2. The first-order valence-corrected chi connectivity index (χ1v) is 9.01. The van der Waals surface area contributed by atoms with E-state index < -0.39 is 29.9 Å². The largest absolute Gasteiger partial charge is 0.465 e. The second-order valence-corrected chi connectivity index (χ2v) is 6.21. The van der Waals surface area contributed by atoms with Crippen molar-refractivity contribution in [1.82, 2.24) is 19.5 Å². The maximum Gasteiger partial charge on any atom is 0.328 e. The molecule has 0 bridgehead atoms. The maximum atomic E-state index is 12.8. The van der Waals surface area contributed by atoms with Crippen molar-refractivity contribution in [1.29, 1.82) is 0 Å². The average molecular weight is 393 g/mol. The lowest BCUT2D eigenvalue weighted by molar-refractivity contribution is -0.402. The number of anilines is 1. The minimum atomic E-state index is -1.77. The van der Waals surface area contributed by atoms with Gasteiger partial charge in [0.1, 0.15) is 5.52 Å². The minimum absolute atomic E-state index is 0.00256. The number of carbonyl (C=O) groups is 2. The van der Waals surface area contributed by atoms with E-state index >= 15 is 0 Å². The Morgan fingerprint density at radius 3 is 2.43 bits per heavy atom. The first-order chi connectivity index (χ1) is 13.4. The molecule has 152 valence electrons. The number of aryl methyl sites for hydroxylation is 1. The van der Waals surface area contributed by atoms with Gasteiger partial charge < -0.3 is 29.2 Å². The van der Waals surface area contributed by atoms with E-state index in [1.807, 2.05) is 0 Å². The molecule has 11 heteroatoms. The molecule has 0 saturated carbocycles. The van der Waals surface area contributed by atoms with Crippen LogP contribution in [0.25, 0.3) is 11.2 Å². The molecule has 2 aromatic rings. The molecule has 0 atom stereocenters. The molecule has 1 aliphatic rings. The number of ether oxygens (including phenoxy) is 4. The summed E-state index contributed by atoms with van der Waals surface area (Å²) >= 11 is 0. The lowest BCUT2D eigenvalue weighted by atomic mass is 9.82. The van der Waals surface area contributed by atoms with Gasteiger partial charge in [-0.15, -0.1) is 0 Å². The van der Waals surface area contributed by atoms with E-state index in [4.69, 9.17) is 24.7 Å².